The maximum Gasteiger partial charge on any atom is 0.471 e. The van der Waals surface area contributed by atoms with Crippen molar-refractivity contribution in [3.8, 4) is 11.4 Å². The van der Waals surface area contributed by atoms with E-state index < -0.39 is 12.1 Å². The number of carbonyl (C=O) groups is 1. The van der Waals surface area contributed by atoms with Crippen LogP contribution in [0.15, 0.2) is 28.8 Å². The fourth-order valence-electron chi connectivity index (χ4n) is 1.89. The Morgan fingerprint density at radius 2 is 2.00 bits per heavy atom. The molecule has 1 heterocycles. The minimum Gasteiger partial charge on any atom is -0.385 e. The lowest BCUT2D eigenvalue weighted by Crippen LogP contribution is -2.22. The van der Waals surface area contributed by atoms with Gasteiger partial charge < -0.3 is 14.6 Å². The van der Waals surface area contributed by atoms with Crippen molar-refractivity contribution in [3.05, 3.63) is 35.7 Å². The highest BCUT2D eigenvalue weighted by molar-refractivity contribution is 5.75. The van der Waals surface area contributed by atoms with Gasteiger partial charge in [-0.3, -0.25) is 4.79 Å². The summed E-state index contributed by atoms with van der Waals surface area (Å²) in [4.78, 5) is 14.9. The van der Waals surface area contributed by atoms with Crippen molar-refractivity contribution in [3.63, 3.8) is 0 Å². The highest BCUT2D eigenvalue weighted by Crippen LogP contribution is 2.29. The molecular formula is C15H16F3N3O3. The molecule has 0 bridgehead atoms. The predicted octanol–water partition coefficient (Wildman–Crippen LogP) is 2.80. The Hall–Kier alpha value is -2.42. The molecule has 0 fully saturated rings. The van der Waals surface area contributed by atoms with Crippen LogP contribution in [0, 0.1) is 0 Å². The summed E-state index contributed by atoms with van der Waals surface area (Å²) in [5.41, 5.74) is 1.20. The number of nitrogens with one attached hydrogen (secondary N) is 1. The highest BCUT2D eigenvalue weighted by Gasteiger charge is 2.38. The maximum absolute atomic E-state index is 12.4. The van der Waals surface area contributed by atoms with Crippen LogP contribution in [0.2, 0.25) is 0 Å². The standard InChI is InChI=1S/C15H16F3N3O3/c1-23-8-2-3-12(22)19-9-10-4-6-11(7-5-10)13-20-14(24-21-13)15(16,17)18/h4-7H,2-3,8-9H2,1H3,(H,19,22). The number of aromatic nitrogens is 2. The zero-order valence-corrected chi connectivity index (χ0v) is 12.9. The first-order chi connectivity index (χ1) is 11.4. The Kier molecular flexibility index (Phi) is 5.91. The second-order valence-corrected chi connectivity index (χ2v) is 4.99. The molecule has 0 spiro atoms. The molecule has 0 aliphatic rings. The topological polar surface area (TPSA) is 77.2 Å². The number of alkyl halides is 3. The molecule has 0 radical (unpaired) electrons. The van der Waals surface area contributed by atoms with Crippen LogP contribution in [0.5, 0.6) is 0 Å². The second-order valence-electron chi connectivity index (χ2n) is 4.99. The van der Waals surface area contributed by atoms with Crippen molar-refractivity contribution in [1.29, 1.82) is 0 Å². The molecule has 1 N–H and O–H groups in total. The summed E-state index contributed by atoms with van der Waals surface area (Å²) in [6.45, 7) is 0.846. The van der Waals surface area contributed by atoms with Crippen LogP contribution < -0.4 is 5.32 Å². The predicted molar refractivity (Wildman–Crippen MR) is 77.7 cm³/mol. The number of benzene rings is 1. The molecule has 130 valence electrons. The number of rotatable bonds is 7. The zero-order valence-electron chi connectivity index (χ0n) is 12.9. The number of nitrogens with zero attached hydrogens (tertiary/aromatic N) is 2. The van der Waals surface area contributed by atoms with Gasteiger partial charge in [0.25, 0.3) is 0 Å². The van der Waals surface area contributed by atoms with E-state index in [0.29, 0.717) is 31.6 Å². The van der Waals surface area contributed by atoms with E-state index in [1.807, 2.05) is 0 Å². The SMILES string of the molecule is COCCCC(=O)NCc1ccc(-c2noc(C(F)(F)F)n2)cc1. The molecule has 2 aromatic rings. The third kappa shape index (κ3) is 5.05. The average molecular weight is 343 g/mol. The van der Waals surface area contributed by atoms with Gasteiger partial charge in [0, 0.05) is 32.2 Å². The summed E-state index contributed by atoms with van der Waals surface area (Å²) in [6, 6.07) is 6.48. The number of carbonyl (C=O) groups excluding carboxylic acids is 1. The maximum atomic E-state index is 12.4. The Bertz CT molecular complexity index is 669. The fraction of sp³-hybridized carbons (Fsp3) is 0.400. The average Bonchev–Trinajstić information content (AvgIpc) is 3.04. The van der Waals surface area contributed by atoms with E-state index in [-0.39, 0.29) is 11.7 Å². The van der Waals surface area contributed by atoms with Gasteiger partial charge in [-0.25, -0.2) is 0 Å². The number of hydrogen-bond acceptors (Lipinski definition) is 5. The first kappa shape index (κ1) is 17.9. The summed E-state index contributed by atoms with van der Waals surface area (Å²) < 4.78 is 46.3. The van der Waals surface area contributed by atoms with Crippen LogP contribution in [0.25, 0.3) is 11.4 Å². The molecule has 0 aliphatic heterocycles. The van der Waals surface area contributed by atoms with E-state index in [1.54, 1.807) is 31.4 Å². The summed E-state index contributed by atoms with van der Waals surface area (Å²) >= 11 is 0. The molecule has 24 heavy (non-hydrogen) atoms. The van der Waals surface area contributed by atoms with Crippen molar-refractivity contribution >= 4 is 5.91 Å². The smallest absolute Gasteiger partial charge is 0.385 e. The van der Waals surface area contributed by atoms with Crippen molar-refractivity contribution in [2.75, 3.05) is 13.7 Å². The van der Waals surface area contributed by atoms with Crippen molar-refractivity contribution in [2.24, 2.45) is 0 Å². The van der Waals surface area contributed by atoms with Gasteiger partial charge in [0.15, 0.2) is 0 Å². The Balaban J connectivity index is 1.91. The third-order valence-corrected chi connectivity index (χ3v) is 3.12. The molecule has 2 rings (SSSR count). The van der Waals surface area contributed by atoms with E-state index in [4.69, 9.17) is 4.74 Å². The minimum atomic E-state index is -4.67. The van der Waals surface area contributed by atoms with E-state index in [2.05, 4.69) is 20.0 Å². The molecular weight excluding hydrogens is 327 g/mol. The van der Waals surface area contributed by atoms with Gasteiger partial charge in [-0.1, -0.05) is 29.4 Å². The van der Waals surface area contributed by atoms with Crippen LogP contribution in [-0.2, 0) is 22.3 Å². The van der Waals surface area contributed by atoms with Gasteiger partial charge in [-0.05, 0) is 12.0 Å². The Morgan fingerprint density at radius 3 is 2.58 bits per heavy atom. The lowest BCUT2D eigenvalue weighted by molar-refractivity contribution is -0.159. The van der Waals surface area contributed by atoms with Crippen molar-refractivity contribution in [1.82, 2.24) is 15.5 Å². The van der Waals surface area contributed by atoms with E-state index >= 15 is 0 Å². The molecule has 6 nitrogen and oxygen atoms in total. The third-order valence-electron chi connectivity index (χ3n) is 3.12. The second kappa shape index (κ2) is 7.91. The Labute approximate surface area is 136 Å². The minimum absolute atomic E-state index is 0.0934. The molecule has 0 aliphatic carbocycles. The summed E-state index contributed by atoms with van der Waals surface area (Å²) in [7, 11) is 1.57. The van der Waals surface area contributed by atoms with Gasteiger partial charge in [-0.2, -0.15) is 18.2 Å². The van der Waals surface area contributed by atoms with Crippen LogP contribution in [0.4, 0.5) is 13.2 Å². The first-order valence-corrected chi connectivity index (χ1v) is 7.16. The molecule has 0 saturated carbocycles. The zero-order chi connectivity index (χ0) is 17.6. The van der Waals surface area contributed by atoms with E-state index in [1.165, 1.54) is 0 Å². The van der Waals surface area contributed by atoms with E-state index in [0.717, 1.165) is 5.56 Å². The van der Waals surface area contributed by atoms with Gasteiger partial charge in [0.1, 0.15) is 0 Å². The normalized spacial score (nSPS) is 11.5. The summed E-state index contributed by atoms with van der Waals surface area (Å²) in [6.07, 6.45) is -3.66. The van der Waals surface area contributed by atoms with Crippen LogP contribution in [-0.4, -0.2) is 29.8 Å². The fourth-order valence-corrected chi connectivity index (χ4v) is 1.89. The quantitative estimate of drug-likeness (QED) is 0.782. The molecule has 9 heteroatoms. The number of halogens is 3. The molecule has 1 amide bonds. The largest absolute Gasteiger partial charge is 0.471 e. The molecule has 1 aromatic carbocycles. The number of ether oxygens (including phenoxy) is 1. The number of amides is 1. The first-order valence-electron chi connectivity index (χ1n) is 7.16. The van der Waals surface area contributed by atoms with Crippen LogP contribution >= 0.6 is 0 Å². The number of hydrogen-bond donors (Lipinski definition) is 1. The molecule has 0 atom stereocenters. The van der Waals surface area contributed by atoms with E-state index in [9.17, 15) is 18.0 Å². The Morgan fingerprint density at radius 1 is 1.29 bits per heavy atom. The molecule has 1 aromatic heterocycles. The summed E-state index contributed by atoms with van der Waals surface area (Å²) in [5, 5.41) is 6.06. The van der Waals surface area contributed by atoms with Gasteiger partial charge in [-0.15, -0.1) is 0 Å². The van der Waals surface area contributed by atoms with Crippen molar-refractivity contribution < 1.29 is 27.2 Å². The summed E-state index contributed by atoms with van der Waals surface area (Å²) in [5.74, 6) is -1.62. The van der Waals surface area contributed by atoms with Crippen LogP contribution in [0.3, 0.4) is 0 Å². The van der Waals surface area contributed by atoms with Crippen molar-refractivity contribution in [2.45, 2.75) is 25.6 Å². The highest BCUT2D eigenvalue weighted by atomic mass is 19.4. The lowest BCUT2D eigenvalue weighted by atomic mass is 10.1. The van der Waals surface area contributed by atoms with Gasteiger partial charge in [0.05, 0.1) is 0 Å². The monoisotopic (exact) mass is 343 g/mol. The van der Waals surface area contributed by atoms with Crippen LogP contribution in [0.1, 0.15) is 24.3 Å². The molecule has 0 unspecified atom stereocenters. The number of methoxy groups -OCH3 is 1. The molecule has 0 saturated heterocycles. The van der Waals surface area contributed by atoms with Gasteiger partial charge in [0.2, 0.25) is 11.7 Å². The lowest BCUT2D eigenvalue weighted by Gasteiger charge is -2.05. The van der Waals surface area contributed by atoms with Gasteiger partial charge >= 0.3 is 12.1 Å².